The standard InChI is InChI=1S/C20H22F2N2O/c1-13(15-9-10-17(21)18(22)11-15)23-12-20(25)24-19-8-4-6-14-5-2-3-7-16(14)19/h2-3,5,7,9-11,13,19,23H,4,6,8,12H2,1H3,(H,24,25)/t13-,19-/m0/s1. The molecule has 2 aromatic rings. The normalized spacial score (nSPS) is 17.6. The molecule has 2 aromatic carbocycles. The zero-order valence-electron chi connectivity index (χ0n) is 14.2. The van der Waals surface area contributed by atoms with Gasteiger partial charge in [0.1, 0.15) is 0 Å². The Kier molecular flexibility index (Phi) is 5.43. The molecule has 0 aliphatic heterocycles. The van der Waals surface area contributed by atoms with Gasteiger partial charge in [0.25, 0.3) is 0 Å². The minimum absolute atomic E-state index is 0.0396. The van der Waals surface area contributed by atoms with Gasteiger partial charge < -0.3 is 10.6 Å². The molecule has 3 rings (SSSR count). The lowest BCUT2D eigenvalue weighted by molar-refractivity contribution is -0.121. The molecule has 25 heavy (non-hydrogen) atoms. The van der Waals surface area contributed by atoms with E-state index in [1.54, 1.807) is 0 Å². The van der Waals surface area contributed by atoms with Gasteiger partial charge in [0, 0.05) is 6.04 Å². The van der Waals surface area contributed by atoms with Crippen molar-refractivity contribution in [2.75, 3.05) is 6.54 Å². The average molecular weight is 344 g/mol. The Morgan fingerprint density at radius 2 is 2.00 bits per heavy atom. The van der Waals surface area contributed by atoms with Gasteiger partial charge in [0.15, 0.2) is 11.6 Å². The molecule has 0 fully saturated rings. The number of rotatable bonds is 5. The van der Waals surface area contributed by atoms with Crippen molar-refractivity contribution in [3.05, 3.63) is 70.8 Å². The Morgan fingerprint density at radius 1 is 1.20 bits per heavy atom. The highest BCUT2D eigenvalue weighted by Crippen LogP contribution is 2.29. The minimum atomic E-state index is -0.880. The number of carbonyl (C=O) groups excluding carboxylic acids is 1. The van der Waals surface area contributed by atoms with Gasteiger partial charge in [-0.25, -0.2) is 8.78 Å². The second kappa shape index (κ2) is 7.74. The fourth-order valence-electron chi connectivity index (χ4n) is 3.29. The van der Waals surface area contributed by atoms with Gasteiger partial charge in [-0.05, 0) is 55.0 Å². The van der Waals surface area contributed by atoms with Crippen molar-refractivity contribution in [1.29, 1.82) is 0 Å². The number of hydrogen-bond donors (Lipinski definition) is 2. The largest absolute Gasteiger partial charge is 0.348 e. The van der Waals surface area contributed by atoms with E-state index in [2.05, 4.69) is 22.8 Å². The van der Waals surface area contributed by atoms with E-state index >= 15 is 0 Å². The Hall–Kier alpha value is -2.27. The summed E-state index contributed by atoms with van der Waals surface area (Å²) in [7, 11) is 0. The first kappa shape index (κ1) is 17.5. The Balaban J connectivity index is 1.56. The van der Waals surface area contributed by atoms with Crippen LogP contribution >= 0.6 is 0 Å². The maximum Gasteiger partial charge on any atom is 0.234 e. The van der Waals surface area contributed by atoms with Crippen molar-refractivity contribution >= 4 is 5.91 Å². The van der Waals surface area contributed by atoms with Crippen LogP contribution in [0.5, 0.6) is 0 Å². The molecule has 0 saturated heterocycles. The van der Waals surface area contributed by atoms with Gasteiger partial charge in [-0.1, -0.05) is 30.3 Å². The summed E-state index contributed by atoms with van der Waals surface area (Å²) in [6.45, 7) is 1.94. The molecule has 0 spiro atoms. The number of hydrogen-bond acceptors (Lipinski definition) is 2. The Morgan fingerprint density at radius 3 is 2.80 bits per heavy atom. The summed E-state index contributed by atoms with van der Waals surface area (Å²) in [6, 6.07) is 11.8. The highest BCUT2D eigenvalue weighted by molar-refractivity contribution is 5.78. The van der Waals surface area contributed by atoms with Crippen molar-refractivity contribution in [3.63, 3.8) is 0 Å². The van der Waals surface area contributed by atoms with Crippen LogP contribution in [-0.2, 0) is 11.2 Å². The molecule has 1 aliphatic rings. The van der Waals surface area contributed by atoms with E-state index in [1.807, 2.05) is 19.1 Å². The Labute approximate surface area is 146 Å². The van der Waals surface area contributed by atoms with Gasteiger partial charge in [-0.3, -0.25) is 4.79 Å². The number of amides is 1. The monoisotopic (exact) mass is 344 g/mol. The van der Waals surface area contributed by atoms with Crippen molar-refractivity contribution < 1.29 is 13.6 Å². The third-order valence-electron chi connectivity index (χ3n) is 4.72. The summed E-state index contributed by atoms with van der Waals surface area (Å²) in [5, 5.41) is 6.12. The molecule has 5 heteroatoms. The van der Waals surface area contributed by atoms with E-state index < -0.39 is 11.6 Å². The fourth-order valence-corrected chi connectivity index (χ4v) is 3.29. The van der Waals surface area contributed by atoms with Gasteiger partial charge in [-0.15, -0.1) is 0 Å². The van der Waals surface area contributed by atoms with Crippen LogP contribution in [-0.4, -0.2) is 12.5 Å². The second-order valence-electron chi connectivity index (χ2n) is 6.49. The van der Waals surface area contributed by atoms with Crippen LogP contribution < -0.4 is 10.6 Å². The summed E-state index contributed by atoms with van der Waals surface area (Å²) in [6.07, 6.45) is 3.04. The van der Waals surface area contributed by atoms with Crippen molar-refractivity contribution in [2.45, 2.75) is 38.3 Å². The van der Waals surface area contributed by atoms with Crippen molar-refractivity contribution in [3.8, 4) is 0 Å². The van der Waals surface area contributed by atoms with Crippen LogP contribution in [0.3, 0.4) is 0 Å². The first-order valence-corrected chi connectivity index (χ1v) is 8.60. The average Bonchev–Trinajstić information content (AvgIpc) is 2.62. The first-order chi connectivity index (χ1) is 12.0. The molecule has 0 saturated carbocycles. The smallest absolute Gasteiger partial charge is 0.234 e. The molecule has 0 unspecified atom stereocenters. The van der Waals surface area contributed by atoms with Crippen molar-refractivity contribution in [2.24, 2.45) is 0 Å². The third kappa shape index (κ3) is 4.23. The number of carbonyl (C=O) groups is 1. The molecule has 2 atom stereocenters. The molecule has 0 heterocycles. The topological polar surface area (TPSA) is 41.1 Å². The molecule has 0 radical (unpaired) electrons. The van der Waals surface area contributed by atoms with E-state index in [9.17, 15) is 13.6 Å². The minimum Gasteiger partial charge on any atom is -0.348 e. The first-order valence-electron chi connectivity index (χ1n) is 8.60. The summed E-state index contributed by atoms with van der Waals surface area (Å²) in [5.41, 5.74) is 3.09. The molecular formula is C20H22F2N2O. The lowest BCUT2D eigenvalue weighted by Crippen LogP contribution is -2.38. The lowest BCUT2D eigenvalue weighted by atomic mass is 9.88. The van der Waals surface area contributed by atoms with E-state index in [1.165, 1.54) is 17.2 Å². The lowest BCUT2D eigenvalue weighted by Gasteiger charge is -2.26. The Bertz CT molecular complexity index is 763. The summed E-state index contributed by atoms with van der Waals surface area (Å²) in [5.74, 6) is -1.85. The van der Waals surface area contributed by atoms with Crippen LogP contribution in [0.2, 0.25) is 0 Å². The van der Waals surface area contributed by atoms with Crippen LogP contribution in [0.1, 0.15) is 48.5 Å². The highest BCUT2D eigenvalue weighted by Gasteiger charge is 2.21. The fraction of sp³-hybridized carbons (Fsp3) is 0.350. The third-order valence-corrected chi connectivity index (χ3v) is 4.72. The quantitative estimate of drug-likeness (QED) is 0.866. The predicted octanol–water partition coefficient (Wildman–Crippen LogP) is 3.81. The van der Waals surface area contributed by atoms with Gasteiger partial charge in [-0.2, -0.15) is 0 Å². The van der Waals surface area contributed by atoms with Gasteiger partial charge in [0.05, 0.1) is 12.6 Å². The van der Waals surface area contributed by atoms with E-state index in [4.69, 9.17) is 0 Å². The number of nitrogens with one attached hydrogen (secondary N) is 2. The predicted molar refractivity (Wildman–Crippen MR) is 93.0 cm³/mol. The van der Waals surface area contributed by atoms with Crippen LogP contribution in [0, 0.1) is 11.6 Å². The highest BCUT2D eigenvalue weighted by atomic mass is 19.2. The van der Waals surface area contributed by atoms with E-state index in [0.717, 1.165) is 31.4 Å². The number of halogens is 2. The molecule has 0 bridgehead atoms. The zero-order valence-corrected chi connectivity index (χ0v) is 14.2. The molecular weight excluding hydrogens is 322 g/mol. The number of benzene rings is 2. The summed E-state index contributed by atoms with van der Waals surface area (Å²) >= 11 is 0. The summed E-state index contributed by atoms with van der Waals surface area (Å²) in [4.78, 5) is 12.3. The van der Waals surface area contributed by atoms with E-state index in [-0.39, 0.29) is 24.5 Å². The number of fused-ring (bicyclic) bond motifs is 1. The maximum atomic E-state index is 13.3. The zero-order chi connectivity index (χ0) is 17.8. The van der Waals surface area contributed by atoms with Gasteiger partial charge in [0.2, 0.25) is 5.91 Å². The molecule has 0 aromatic heterocycles. The molecule has 132 valence electrons. The van der Waals surface area contributed by atoms with Crippen molar-refractivity contribution in [1.82, 2.24) is 10.6 Å². The molecule has 2 N–H and O–H groups in total. The van der Waals surface area contributed by atoms with E-state index in [0.29, 0.717) is 5.56 Å². The summed E-state index contributed by atoms with van der Waals surface area (Å²) < 4.78 is 26.3. The van der Waals surface area contributed by atoms with Crippen LogP contribution in [0.15, 0.2) is 42.5 Å². The second-order valence-corrected chi connectivity index (χ2v) is 6.49. The van der Waals surface area contributed by atoms with Crippen LogP contribution in [0.4, 0.5) is 8.78 Å². The molecule has 1 amide bonds. The number of aryl methyl sites for hydroxylation is 1. The molecule has 1 aliphatic carbocycles. The SMILES string of the molecule is C[C@H](NCC(=O)N[C@H]1CCCc2ccccc21)c1ccc(F)c(F)c1. The molecule has 3 nitrogen and oxygen atoms in total. The van der Waals surface area contributed by atoms with Crippen LogP contribution in [0.25, 0.3) is 0 Å². The maximum absolute atomic E-state index is 13.3. The van der Waals surface area contributed by atoms with Gasteiger partial charge >= 0.3 is 0 Å².